The fourth-order valence-corrected chi connectivity index (χ4v) is 1.17. The zero-order valence-electron chi connectivity index (χ0n) is 6.70. The minimum absolute atomic E-state index is 0.0388. The first-order chi connectivity index (χ1) is 5.74. The van der Waals surface area contributed by atoms with Crippen molar-refractivity contribution in [2.24, 2.45) is 11.5 Å². The largest absolute Gasteiger partial charge is 0.330 e. The Morgan fingerprint density at radius 1 is 1.50 bits per heavy atom. The lowest BCUT2D eigenvalue weighted by molar-refractivity contribution is 0.642. The van der Waals surface area contributed by atoms with Crippen molar-refractivity contribution in [3.63, 3.8) is 0 Å². The van der Waals surface area contributed by atoms with Crippen molar-refractivity contribution in [2.75, 3.05) is 6.54 Å². The molecule has 12 heavy (non-hydrogen) atoms. The molecular weight excluding hydrogens is 218 g/mol. The van der Waals surface area contributed by atoms with E-state index in [1.807, 2.05) is 12.1 Å². The molecule has 0 spiro atoms. The summed E-state index contributed by atoms with van der Waals surface area (Å²) in [7, 11) is 0. The summed E-state index contributed by atoms with van der Waals surface area (Å²) in [4.78, 5) is 4.17. The predicted molar refractivity (Wildman–Crippen MR) is 52.5 cm³/mol. The lowest BCUT2D eigenvalue weighted by atomic mass is 10.1. The summed E-state index contributed by atoms with van der Waals surface area (Å²) in [6.07, 6.45) is 2.51. The second-order valence-corrected chi connectivity index (χ2v) is 3.50. The number of hydrogen-bond donors (Lipinski definition) is 2. The number of nitrogens with zero attached hydrogens (tertiary/aromatic N) is 1. The summed E-state index contributed by atoms with van der Waals surface area (Å²) in [6, 6.07) is 3.80. The van der Waals surface area contributed by atoms with Crippen LogP contribution >= 0.6 is 15.9 Å². The summed E-state index contributed by atoms with van der Waals surface area (Å²) in [5.74, 6) is 0. The molecule has 0 unspecified atom stereocenters. The fraction of sp³-hybridized carbons (Fsp3) is 0.375. The molecule has 3 nitrogen and oxygen atoms in total. The maximum absolute atomic E-state index is 5.80. The van der Waals surface area contributed by atoms with Crippen LogP contribution in [0.25, 0.3) is 0 Å². The van der Waals surface area contributed by atoms with Crippen molar-refractivity contribution >= 4 is 15.9 Å². The number of halogens is 1. The maximum atomic E-state index is 5.80. The van der Waals surface area contributed by atoms with Crippen LogP contribution in [-0.2, 0) is 0 Å². The summed E-state index contributed by atoms with van der Waals surface area (Å²) >= 11 is 3.31. The van der Waals surface area contributed by atoms with Gasteiger partial charge in [-0.05, 0) is 41.0 Å². The molecule has 4 heteroatoms. The van der Waals surface area contributed by atoms with Gasteiger partial charge in [-0.3, -0.25) is 4.98 Å². The Hall–Kier alpha value is -0.450. The Kier molecular flexibility index (Phi) is 3.65. The molecule has 1 atom stereocenters. The summed E-state index contributed by atoms with van der Waals surface area (Å²) in [5.41, 5.74) is 12.1. The third-order valence-corrected chi connectivity index (χ3v) is 2.08. The van der Waals surface area contributed by atoms with Crippen LogP contribution in [0.5, 0.6) is 0 Å². The van der Waals surface area contributed by atoms with Crippen molar-refractivity contribution in [1.82, 2.24) is 4.98 Å². The molecule has 0 fully saturated rings. The molecule has 0 aliphatic heterocycles. The first kappa shape index (κ1) is 9.64. The predicted octanol–water partition coefficient (Wildman–Crippen LogP) is 1.19. The zero-order valence-corrected chi connectivity index (χ0v) is 8.29. The van der Waals surface area contributed by atoms with E-state index in [1.165, 1.54) is 0 Å². The Bertz CT molecular complexity index is 235. The number of aromatic nitrogens is 1. The quantitative estimate of drug-likeness (QED) is 0.819. The minimum Gasteiger partial charge on any atom is -0.330 e. The third kappa shape index (κ3) is 2.55. The molecule has 0 saturated carbocycles. The van der Waals surface area contributed by atoms with Gasteiger partial charge in [0.25, 0.3) is 0 Å². The summed E-state index contributed by atoms with van der Waals surface area (Å²) in [6.45, 7) is 0.596. The highest BCUT2D eigenvalue weighted by Gasteiger charge is 2.04. The minimum atomic E-state index is -0.0388. The maximum Gasteiger partial charge on any atom is 0.0572 e. The molecule has 4 N–H and O–H groups in total. The molecule has 1 heterocycles. The number of rotatable bonds is 3. The standard InChI is InChI=1S/C8H12BrN3/c9-6-1-2-8(12-5-6)7(11)3-4-10/h1-2,5,7H,3-4,10-11H2/t7-/m0/s1. The molecule has 1 aromatic heterocycles. The van der Waals surface area contributed by atoms with Crippen molar-refractivity contribution in [1.29, 1.82) is 0 Å². The molecule has 0 amide bonds. The van der Waals surface area contributed by atoms with Crippen LogP contribution < -0.4 is 11.5 Å². The van der Waals surface area contributed by atoms with Crippen LogP contribution in [0.1, 0.15) is 18.2 Å². The van der Waals surface area contributed by atoms with Crippen LogP contribution in [0.15, 0.2) is 22.8 Å². The smallest absolute Gasteiger partial charge is 0.0572 e. The average molecular weight is 230 g/mol. The first-order valence-electron chi connectivity index (χ1n) is 3.81. The number of hydrogen-bond acceptors (Lipinski definition) is 3. The molecule has 66 valence electrons. The van der Waals surface area contributed by atoms with Crippen LogP contribution in [0.4, 0.5) is 0 Å². The molecule has 0 aliphatic rings. The molecule has 0 aromatic carbocycles. The highest BCUT2D eigenvalue weighted by Crippen LogP contribution is 2.13. The Balaban J connectivity index is 2.68. The van der Waals surface area contributed by atoms with E-state index in [1.54, 1.807) is 6.20 Å². The average Bonchev–Trinajstić information content (AvgIpc) is 2.06. The number of pyridine rings is 1. The van der Waals surface area contributed by atoms with E-state index >= 15 is 0 Å². The lowest BCUT2D eigenvalue weighted by Crippen LogP contribution is -2.16. The van der Waals surface area contributed by atoms with Gasteiger partial charge in [0.2, 0.25) is 0 Å². The Morgan fingerprint density at radius 3 is 2.75 bits per heavy atom. The van der Waals surface area contributed by atoms with Gasteiger partial charge in [-0.25, -0.2) is 0 Å². The van der Waals surface area contributed by atoms with Crippen LogP contribution in [0, 0.1) is 0 Å². The molecule has 1 aromatic rings. The second-order valence-electron chi connectivity index (χ2n) is 2.59. The van der Waals surface area contributed by atoms with Crippen molar-refractivity contribution in [3.05, 3.63) is 28.5 Å². The van der Waals surface area contributed by atoms with Gasteiger partial charge >= 0.3 is 0 Å². The molecular formula is C8H12BrN3. The van der Waals surface area contributed by atoms with Gasteiger partial charge in [0.05, 0.1) is 5.69 Å². The SMILES string of the molecule is NCC[C@H](N)c1ccc(Br)cn1. The van der Waals surface area contributed by atoms with E-state index in [2.05, 4.69) is 20.9 Å². The van der Waals surface area contributed by atoms with Crippen molar-refractivity contribution in [2.45, 2.75) is 12.5 Å². The van der Waals surface area contributed by atoms with Gasteiger partial charge < -0.3 is 11.5 Å². The normalized spacial score (nSPS) is 12.9. The van der Waals surface area contributed by atoms with E-state index in [0.717, 1.165) is 16.6 Å². The van der Waals surface area contributed by atoms with Crippen LogP contribution in [-0.4, -0.2) is 11.5 Å². The van der Waals surface area contributed by atoms with Gasteiger partial charge in [0, 0.05) is 16.7 Å². The molecule has 1 rings (SSSR count). The van der Waals surface area contributed by atoms with Crippen LogP contribution in [0.2, 0.25) is 0 Å². The molecule has 0 bridgehead atoms. The van der Waals surface area contributed by atoms with Gasteiger partial charge in [0.1, 0.15) is 0 Å². The van der Waals surface area contributed by atoms with Crippen LogP contribution in [0.3, 0.4) is 0 Å². The summed E-state index contributed by atoms with van der Waals surface area (Å²) < 4.78 is 0.964. The van der Waals surface area contributed by atoms with E-state index in [-0.39, 0.29) is 6.04 Å². The molecule has 0 aliphatic carbocycles. The first-order valence-corrected chi connectivity index (χ1v) is 4.60. The van der Waals surface area contributed by atoms with E-state index in [4.69, 9.17) is 11.5 Å². The van der Waals surface area contributed by atoms with E-state index < -0.39 is 0 Å². The second kappa shape index (κ2) is 4.54. The highest BCUT2D eigenvalue weighted by atomic mass is 79.9. The zero-order chi connectivity index (χ0) is 8.97. The lowest BCUT2D eigenvalue weighted by Gasteiger charge is -2.08. The molecule has 0 saturated heterocycles. The van der Waals surface area contributed by atoms with Crippen molar-refractivity contribution in [3.8, 4) is 0 Å². The van der Waals surface area contributed by atoms with Gasteiger partial charge in [-0.15, -0.1) is 0 Å². The van der Waals surface area contributed by atoms with Gasteiger partial charge in [-0.1, -0.05) is 0 Å². The molecule has 0 radical (unpaired) electrons. The van der Waals surface area contributed by atoms with Crippen molar-refractivity contribution < 1.29 is 0 Å². The fourth-order valence-electron chi connectivity index (χ4n) is 0.934. The van der Waals surface area contributed by atoms with E-state index in [0.29, 0.717) is 6.54 Å². The third-order valence-electron chi connectivity index (χ3n) is 1.61. The van der Waals surface area contributed by atoms with Gasteiger partial charge in [0.15, 0.2) is 0 Å². The van der Waals surface area contributed by atoms with E-state index in [9.17, 15) is 0 Å². The Labute approximate surface area is 80.3 Å². The summed E-state index contributed by atoms with van der Waals surface area (Å²) in [5, 5.41) is 0. The Morgan fingerprint density at radius 2 is 2.25 bits per heavy atom. The highest BCUT2D eigenvalue weighted by molar-refractivity contribution is 9.10. The topological polar surface area (TPSA) is 64.9 Å². The van der Waals surface area contributed by atoms with Gasteiger partial charge in [-0.2, -0.15) is 0 Å². The number of nitrogens with two attached hydrogens (primary N) is 2. The monoisotopic (exact) mass is 229 g/mol.